The molecule has 0 heterocycles. The summed E-state index contributed by atoms with van der Waals surface area (Å²) in [6.45, 7) is 5.74. The van der Waals surface area contributed by atoms with Gasteiger partial charge < -0.3 is 20.6 Å². The molecular formula is C21H36B3N5O5. The first-order valence-electron chi connectivity index (χ1n) is 11.5. The van der Waals surface area contributed by atoms with Gasteiger partial charge >= 0.3 is 0 Å². The van der Waals surface area contributed by atoms with Crippen molar-refractivity contribution in [2.75, 3.05) is 32.7 Å². The van der Waals surface area contributed by atoms with Crippen LogP contribution in [0.15, 0.2) is 0 Å². The smallest absolute Gasteiger partial charge is 0.234 e. The molecule has 10 nitrogen and oxygen atoms in total. The van der Waals surface area contributed by atoms with Gasteiger partial charge in [0.25, 0.3) is 0 Å². The molecule has 0 spiro atoms. The minimum Gasteiger partial charge on any atom is -0.448 e. The Bertz CT molecular complexity index is 686. The van der Waals surface area contributed by atoms with Gasteiger partial charge in [-0.2, -0.15) is 0 Å². The molecule has 184 valence electrons. The van der Waals surface area contributed by atoms with Crippen LogP contribution in [0.4, 0.5) is 0 Å². The second kappa shape index (κ2) is 17.2. The molecule has 0 aromatic rings. The zero-order chi connectivity index (χ0) is 26.1. The van der Waals surface area contributed by atoms with Gasteiger partial charge in [-0.25, -0.2) is 0 Å². The molecule has 0 atom stereocenters. The number of unbranched alkanes of at least 4 members (excludes halogenated alkanes) is 3. The Labute approximate surface area is 207 Å². The van der Waals surface area contributed by atoms with Crippen LogP contribution < -0.4 is 15.9 Å². The van der Waals surface area contributed by atoms with E-state index in [9.17, 15) is 24.0 Å². The second-order valence-corrected chi connectivity index (χ2v) is 9.15. The summed E-state index contributed by atoms with van der Waals surface area (Å²) >= 11 is 0. The Morgan fingerprint density at radius 2 is 1.21 bits per heavy atom. The monoisotopic (exact) mass is 471 g/mol. The fourth-order valence-electron chi connectivity index (χ4n) is 2.86. The number of Topliss-reactive ketones (excluding diaryl/α,β-unsaturated/α-hetero) is 1. The lowest BCUT2D eigenvalue weighted by molar-refractivity contribution is -0.129. The predicted molar refractivity (Wildman–Crippen MR) is 131 cm³/mol. The van der Waals surface area contributed by atoms with E-state index in [1.54, 1.807) is 0 Å². The molecule has 0 unspecified atom stereocenters. The van der Waals surface area contributed by atoms with E-state index in [1.165, 1.54) is 4.90 Å². The van der Waals surface area contributed by atoms with Crippen molar-refractivity contribution in [3.63, 3.8) is 0 Å². The van der Waals surface area contributed by atoms with Crippen molar-refractivity contribution in [2.45, 2.75) is 65.7 Å². The number of hydrogen-bond acceptors (Lipinski definition) is 6. The Kier molecular flexibility index (Phi) is 16.0. The maximum atomic E-state index is 12.3. The van der Waals surface area contributed by atoms with E-state index in [2.05, 4.69) is 10.6 Å². The topological polar surface area (TPSA) is 128 Å². The quantitative estimate of drug-likeness (QED) is 0.186. The lowest BCUT2D eigenvalue weighted by atomic mass is 9.88. The van der Waals surface area contributed by atoms with Gasteiger partial charge in [0, 0.05) is 31.3 Å². The van der Waals surface area contributed by atoms with Crippen LogP contribution in [0.25, 0.3) is 0 Å². The third kappa shape index (κ3) is 16.3. The van der Waals surface area contributed by atoms with Gasteiger partial charge in [-0.1, -0.05) is 27.2 Å². The van der Waals surface area contributed by atoms with Crippen molar-refractivity contribution in [1.82, 2.24) is 25.5 Å². The summed E-state index contributed by atoms with van der Waals surface area (Å²) in [6.07, 6.45) is 4.15. The van der Waals surface area contributed by atoms with Crippen molar-refractivity contribution in [2.24, 2.45) is 5.41 Å². The Morgan fingerprint density at radius 1 is 0.706 bits per heavy atom. The van der Waals surface area contributed by atoms with Crippen LogP contribution in [0.3, 0.4) is 0 Å². The SMILES string of the molecule is [B]NC(=O)CCCCNC(=O)CN(CC(=O)NCCCCCC(=O)C(C)(C)C)CC(=O)N([B])[B]. The number of rotatable bonds is 17. The highest BCUT2D eigenvalue weighted by atomic mass is 16.2. The zero-order valence-corrected chi connectivity index (χ0v) is 20.7. The number of amides is 4. The Morgan fingerprint density at radius 3 is 1.68 bits per heavy atom. The fourth-order valence-corrected chi connectivity index (χ4v) is 2.86. The Hall–Kier alpha value is -2.30. The zero-order valence-electron chi connectivity index (χ0n) is 20.7. The molecule has 0 bridgehead atoms. The first-order chi connectivity index (χ1) is 15.9. The molecular weight excluding hydrogens is 435 g/mol. The van der Waals surface area contributed by atoms with E-state index in [4.69, 9.17) is 23.9 Å². The lowest BCUT2D eigenvalue weighted by Crippen LogP contribution is -2.47. The second-order valence-electron chi connectivity index (χ2n) is 9.15. The number of carbonyl (C=O) groups is 5. The maximum absolute atomic E-state index is 12.3. The first kappa shape index (κ1) is 31.7. The standard InChI is InChI=1S/C21H36B3N5O5/c1-21(2,3)16(30)9-5-4-7-11-25-18(32)13-28(15-20(34)29(23)24)14-19(33)26-12-8-6-10-17(31)27-22/h4-15H2,1-3H3,(H,25,32)(H,26,33)(H,27,31). The summed E-state index contributed by atoms with van der Waals surface area (Å²) in [5, 5.41) is 7.46. The van der Waals surface area contributed by atoms with Gasteiger partial charge in [-0.3, -0.25) is 28.9 Å². The minimum absolute atomic E-state index is 0.188. The maximum Gasteiger partial charge on any atom is 0.234 e. The van der Waals surface area contributed by atoms with Crippen LogP contribution in [0, 0.1) is 5.41 Å². The van der Waals surface area contributed by atoms with Gasteiger partial charge in [0.15, 0.2) is 0 Å². The van der Waals surface area contributed by atoms with E-state index >= 15 is 0 Å². The van der Waals surface area contributed by atoms with E-state index in [0.29, 0.717) is 43.5 Å². The number of hydrogen-bond donors (Lipinski definition) is 3. The predicted octanol–water partition coefficient (Wildman–Crippen LogP) is -0.938. The molecule has 0 aliphatic rings. The fraction of sp³-hybridized carbons (Fsp3) is 0.762. The molecule has 34 heavy (non-hydrogen) atoms. The van der Waals surface area contributed by atoms with E-state index in [1.807, 2.05) is 26.0 Å². The van der Waals surface area contributed by atoms with Crippen LogP contribution >= 0.6 is 0 Å². The van der Waals surface area contributed by atoms with Crippen LogP contribution in [0.5, 0.6) is 0 Å². The van der Waals surface area contributed by atoms with Crippen molar-refractivity contribution in [3.8, 4) is 0 Å². The van der Waals surface area contributed by atoms with E-state index in [-0.39, 0.29) is 55.0 Å². The molecule has 0 aromatic heterocycles. The summed E-state index contributed by atoms with van der Waals surface area (Å²) in [5.41, 5.74) is -0.342. The van der Waals surface area contributed by atoms with Crippen LogP contribution in [0.1, 0.15) is 65.7 Å². The van der Waals surface area contributed by atoms with E-state index in [0.717, 1.165) is 12.8 Å². The van der Waals surface area contributed by atoms with Gasteiger partial charge in [-0.05, 0) is 25.7 Å². The van der Waals surface area contributed by atoms with Crippen molar-refractivity contribution < 1.29 is 24.0 Å². The van der Waals surface area contributed by atoms with Gasteiger partial charge in [0.2, 0.25) is 47.6 Å². The summed E-state index contributed by atoms with van der Waals surface area (Å²) < 4.78 is 0.407. The highest BCUT2D eigenvalue weighted by molar-refractivity contribution is 6.34. The summed E-state index contributed by atoms with van der Waals surface area (Å²) in [4.78, 5) is 60.7. The van der Waals surface area contributed by atoms with Gasteiger partial charge in [0.1, 0.15) is 5.78 Å². The third-order valence-electron chi connectivity index (χ3n) is 4.93. The molecule has 0 saturated heterocycles. The van der Waals surface area contributed by atoms with Crippen LogP contribution in [-0.2, 0) is 24.0 Å². The molecule has 3 N–H and O–H groups in total. The van der Waals surface area contributed by atoms with Crippen molar-refractivity contribution in [3.05, 3.63) is 0 Å². The average Bonchev–Trinajstić information content (AvgIpc) is 2.74. The lowest BCUT2D eigenvalue weighted by Gasteiger charge is -2.23. The Balaban J connectivity index is 4.38. The van der Waals surface area contributed by atoms with E-state index < -0.39 is 5.91 Å². The first-order valence-corrected chi connectivity index (χ1v) is 11.5. The average molecular weight is 471 g/mol. The number of nitrogens with zero attached hydrogens (tertiary/aromatic N) is 2. The van der Waals surface area contributed by atoms with Gasteiger partial charge in [0.05, 0.1) is 19.6 Å². The molecule has 0 aliphatic carbocycles. The molecule has 0 aliphatic heterocycles. The molecule has 0 saturated carbocycles. The van der Waals surface area contributed by atoms with Gasteiger partial charge in [-0.15, -0.1) is 0 Å². The van der Waals surface area contributed by atoms with Crippen LogP contribution in [-0.4, -0.2) is 95.7 Å². The number of nitrogens with one attached hydrogen (secondary N) is 3. The number of ketones is 1. The molecule has 4 amide bonds. The normalized spacial score (nSPS) is 11.1. The third-order valence-corrected chi connectivity index (χ3v) is 4.93. The van der Waals surface area contributed by atoms with Crippen molar-refractivity contribution in [1.29, 1.82) is 0 Å². The highest BCUT2D eigenvalue weighted by Gasteiger charge is 2.20. The highest BCUT2D eigenvalue weighted by Crippen LogP contribution is 2.18. The minimum atomic E-state index is -0.656. The summed E-state index contributed by atoms with van der Waals surface area (Å²) in [5.74, 6) is -1.46. The van der Waals surface area contributed by atoms with Crippen LogP contribution in [0.2, 0.25) is 0 Å². The summed E-state index contributed by atoms with van der Waals surface area (Å²) in [7, 11) is 15.5. The molecule has 0 rings (SSSR count). The molecule has 0 aromatic carbocycles. The largest absolute Gasteiger partial charge is 0.448 e. The van der Waals surface area contributed by atoms with Crippen molar-refractivity contribution >= 4 is 53.4 Å². The molecule has 6 radical (unpaired) electrons. The molecule has 0 fully saturated rings. The number of carbonyl (C=O) groups excluding carboxylic acids is 5. The summed E-state index contributed by atoms with van der Waals surface area (Å²) in [6, 6.07) is 0. The molecule has 13 heteroatoms.